The number of hydrogen-bond donors (Lipinski definition) is 1. The van der Waals surface area contributed by atoms with Gasteiger partial charge in [0.25, 0.3) is 0 Å². The minimum absolute atomic E-state index is 0.0604. The lowest BCUT2D eigenvalue weighted by Gasteiger charge is -2.08. The summed E-state index contributed by atoms with van der Waals surface area (Å²) in [6.45, 7) is 4.15. The average Bonchev–Trinajstić information content (AvgIpc) is 2.95. The van der Waals surface area contributed by atoms with Crippen molar-refractivity contribution in [2.75, 3.05) is 5.32 Å². The number of carbonyl (C=O) groups excluding carboxylic acids is 1. The molecule has 0 atom stereocenters. The highest BCUT2D eigenvalue weighted by molar-refractivity contribution is 5.91. The maximum atomic E-state index is 12.3. The summed E-state index contributed by atoms with van der Waals surface area (Å²) in [5, 5.41) is 3.09. The van der Waals surface area contributed by atoms with Gasteiger partial charge in [-0.3, -0.25) is 9.20 Å². The van der Waals surface area contributed by atoms with E-state index in [4.69, 9.17) is 4.98 Å². The fourth-order valence-electron chi connectivity index (χ4n) is 2.94. The van der Waals surface area contributed by atoms with Gasteiger partial charge in [0.2, 0.25) is 5.91 Å². The maximum Gasteiger partial charge on any atom is 0.225 e. The maximum absolute atomic E-state index is 12.3. The molecule has 1 amide bonds. The summed E-state index contributed by atoms with van der Waals surface area (Å²) in [6, 6.07) is 14.5. The summed E-state index contributed by atoms with van der Waals surface area (Å²) in [4.78, 5) is 17.0. The van der Waals surface area contributed by atoms with E-state index in [-0.39, 0.29) is 5.91 Å². The van der Waals surface area contributed by atoms with Gasteiger partial charge in [-0.05, 0) is 49.4 Å². The summed E-state index contributed by atoms with van der Waals surface area (Å²) in [6.07, 6.45) is 6.16. The van der Waals surface area contributed by atoms with Crippen molar-refractivity contribution in [2.45, 2.75) is 46.0 Å². The zero-order valence-electron chi connectivity index (χ0n) is 15.0. The molecule has 0 aliphatic carbocycles. The normalized spacial score (nSPS) is 11.0. The molecule has 0 bridgehead atoms. The smallest absolute Gasteiger partial charge is 0.225 e. The van der Waals surface area contributed by atoms with Crippen LogP contribution in [0.2, 0.25) is 0 Å². The minimum Gasteiger partial charge on any atom is -0.310 e. The Morgan fingerprint density at radius 1 is 1.16 bits per heavy atom. The molecule has 25 heavy (non-hydrogen) atoms. The molecule has 1 aromatic carbocycles. The van der Waals surface area contributed by atoms with Crippen LogP contribution in [0.1, 0.15) is 43.0 Å². The summed E-state index contributed by atoms with van der Waals surface area (Å²) < 4.78 is 1.98. The lowest BCUT2D eigenvalue weighted by Crippen LogP contribution is -2.14. The first-order valence-electron chi connectivity index (χ1n) is 8.98. The van der Waals surface area contributed by atoms with Gasteiger partial charge in [-0.15, -0.1) is 0 Å². The highest BCUT2D eigenvalue weighted by Crippen LogP contribution is 2.21. The Morgan fingerprint density at radius 2 is 1.96 bits per heavy atom. The van der Waals surface area contributed by atoms with Crippen LogP contribution in [-0.2, 0) is 17.6 Å². The van der Waals surface area contributed by atoms with Gasteiger partial charge >= 0.3 is 0 Å². The molecule has 2 heterocycles. The number of hydrogen-bond acceptors (Lipinski definition) is 2. The third-order valence-corrected chi connectivity index (χ3v) is 4.36. The second-order valence-electron chi connectivity index (χ2n) is 6.48. The fourth-order valence-corrected chi connectivity index (χ4v) is 2.94. The molecule has 0 unspecified atom stereocenters. The van der Waals surface area contributed by atoms with Crippen LogP contribution in [0, 0.1) is 6.92 Å². The largest absolute Gasteiger partial charge is 0.310 e. The van der Waals surface area contributed by atoms with Crippen LogP contribution in [0.15, 0.2) is 48.7 Å². The molecule has 0 aliphatic rings. The molecule has 0 saturated heterocycles. The number of aromatic nitrogens is 2. The molecule has 1 N–H and O–H groups in total. The molecular formula is C21H25N3O. The third-order valence-electron chi connectivity index (χ3n) is 4.36. The number of fused-ring (bicyclic) bond motifs is 1. The molecule has 4 nitrogen and oxygen atoms in total. The van der Waals surface area contributed by atoms with Gasteiger partial charge in [0, 0.05) is 12.6 Å². The van der Waals surface area contributed by atoms with Crippen molar-refractivity contribution >= 4 is 17.4 Å². The molecule has 130 valence electrons. The Morgan fingerprint density at radius 3 is 2.72 bits per heavy atom. The number of pyridine rings is 1. The Labute approximate surface area is 148 Å². The van der Waals surface area contributed by atoms with Gasteiger partial charge in [0.1, 0.15) is 11.5 Å². The van der Waals surface area contributed by atoms with Gasteiger partial charge in [0.15, 0.2) is 0 Å². The lowest BCUT2D eigenvalue weighted by molar-refractivity contribution is -0.116. The van der Waals surface area contributed by atoms with E-state index in [2.05, 4.69) is 43.4 Å². The monoisotopic (exact) mass is 335 g/mol. The summed E-state index contributed by atoms with van der Waals surface area (Å²) in [5.41, 5.74) is 4.27. The Bertz CT molecular complexity index is 852. The Kier molecular flexibility index (Phi) is 5.49. The number of rotatable bonds is 7. The van der Waals surface area contributed by atoms with Gasteiger partial charge < -0.3 is 5.32 Å². The minimum atomic E-state index is 0.0604. The highest BCUT2D eigenvalue weighted by atomic mass is 16.1. The van der Waals surface area contributed by atoms with Crippen molar-refractivity contribution in [3.05, 3.63) is 65.5 Å². The molecule has 2 aromatic heterocycles. The van der Waals surface area contributed by atoms with Crippen LogP contribution >= 0.6 is 0 Å². The van der Waals surface area contributed by atoms with Gasteiger partial charge in [-0.1, -0.05) is 43.7 Å². The zero-order chi connectivity index (χ0) is 17.6. The number of unbranched alkanes of at least 4 members (excludes halogenated alkanes) is 1. The predicted molar refractivity (Wildman–Crippen MR) is 102 cm³/mol. The van der Waals surface area contributed by atoms with Gasteiger partial charge in [-0.2, -0.15) is 0 Å². The highest BCUT2D eigenvalue weighted by Gasteiger charge is 2.14. The molecule has 0 spiro atoms. The number of aryl methyl sites for hydroxylation is 3. The average molecular weight is 335 g/mol. The van der Waals surface area contributed by atoms with Gasteiger partial charge in [0.05, 0.1) is 5.69 Å². The van der Waals surface area contributed by atoms with Crippen molar-refractivity contribution in [3.8, 4) is 0 Å². The fraction of sp³-hybridized carbons (Fsp3) is 0.333. The van der Waals surface area contributed by atoms with E-state index >= 15 is 0 Å². The molecule has 3 rings (SSSR count). The summed E-state index contributed by atoms with van der Waals surface area (Å²) in [5.74, 6) is 0.872. The number of carbonyl (C=O) groups is 1. The third kappa shape index (κ3) is 4.27. The summed E-state index contributed by atoms with van der Waals surface area (Å²) >= 11 is 0. The van der Waals surface area contributed by atoms with E-state index in [0.717, 1.165) is 48.4 Å². The molecule has 0 aliphatic heterocycles. The predicted octanol–water partition coefficient (Wildman–Crippen LogP) is 4.56. The van der Waals surface area contributed by atoms with E-state index < -0.39 is 0 Å². The van der Waals surface area contributed by atoms with Crippen LogP contribution in [0.4, 0.5) is 5.82 Å². The second kappa shape index (κ2) is 7.97. The molecule has 3 aromatic rings. The SMILES string of the molecule is CCCCC(=O)Nc1c(CCc2ccccc2)nc2cc(C)ccn12. The number of amides is 1. The van der Waals surface area contributed by atoms with Crippen LogP contribution < -0.4 is 5.32 Å². The van der Waals surface area contributed by atoms with Crippen molar-refractivity contribution in [3.63, 3.8) is 0 Å². The second-order valence-corrected chi connectivity index (χ2v) is 6.48. The van der Waals surface area contributed by atoms with E-state index in [1.54, 1.807) is 0 Å². The zero-order valence-corrected chi connectivity index (χ0v) is 15.0. The topological polar surface area (TPSA) is 46.4 Å². The molecule has 0 saturated carbocycles. The van der Waals surface area contributed by atoms with Crippen molar-refractivity contribution < 1.29 is 4.79 Å². The van der Waals surface area contributed by atoms with Crippen LogP contribution in [0.25, 0.3) is 5.65 Å². The van der Waals surface area contributed by atoms with Crippen molar-refractivity contribution in [1.82, 2.24) is 9.38 Å². The number of nitrogens with one attached hydrogen (secondary N) is 1. The Hall–Kier alpha value is -2.62. The first-order chi connectivity index (χ1) is 12.2. The number of anilines is 1. The molecule has 4 heteroatoms. The summed E-state index contributed by atoms with van der Waals surface area (Å²) in [7, 11) is 0. The molecular weight excluding hydrogens is 310 g/mol. The quantitative estimate of drug-likeness (QED) is 0.688. The molecule has 0 fully saturated rings. The van der Waals surface area contributed by atoms with Gasteiger partial charge in [-0.25, -0.2) is 4.98 Å². The first kappa shape index (κ1) is 17.2. The lowest BCUT2D eigenvalue weighted by atomic mass is 10.1. The van der Waals surface area contributed by atoms with Crippen molar-refractivity contribution in [2.24, 2.45) is 0 Å². The van der Waals surface area contributed by atoms with E-state index in [1.165, 1.54) is 5.56 Å². The van der Waals surface area contributed by atoms with Crippen molar-refractivity contribution in [1.29, 1.82) is 0 Å². The van der Waals surface area contributed by atoms with E-state index in [9.17, 15) is 4.79 Å². The Balaban J connectivity index is 1.87. The van der Waals surface area contributed by atoms with Crippen LogP contribution in [-0.4, -0.2) is 15.3 Å². The first-order valence-corrected chi connectivity index (χ1v) is 8.98. The van der Waals surface area contributed by atoms with E-state index in [1.807, 2.05) is 28.8 Å². The number of benzene rings is 1. The van der Waals surface area contributed by atoms with Crippen LogP contribution in [0.3, 0.4) is 0 Å². The number of nitrogens with zero attached hydrogens (tertiary/aromatic N) is 2. The van der Waals surface area contributed by atoms with E-state index in [0.29, 0.717) is 6.42 Å². The standard InChI is InChI=1S/C21H25N3O/c1-3-4-10-20(25)23-21-18(12-11-17-8-6-5-7-9-17)22-19-15-16(2)13-14-24(19)21/h5-9,13-15H,3-4,10-12H2,1-2H3,(H,23,25). The number of imidazole rings is 1. The van der Waals surface area contributed by atoms with Crippen LogP contribution in [0.5, 0.6) is 0 Å². The molecule has 0 radical (unpaired) electrons.